The van der Waals surface area contributed by atoms with Gasteiger partial charge in [0, 0.05) is 22.7 Å². The zero-order valence-electron chi connectivity index (χ0n) is 16.7. The molecular weight excluding hydrogens is 465 g/mol. The predicted octanol–water partition coefficient (Wildman–Crippen LogP) is 2.41. The molecule has 1 saturated heterocycles. The number of nitrogens with zero attached hydrogens (tertiary/aromatic N) is 2. The molecule has 1 aliphatic rings. The molecule has 1 fully saturated rings. The van der Waals surface area contributed by atoms with Crippen LogP contribution in [0.1, 0.15) is 23.2 Å². The maximum absolute atomic E-state index is 12.0. The average Bonchev–Trinajstić information content (AvgIpc) is 3.18. The number of benzene rings is 1. The van der Waals surface area contributed by atoms with Crippen molar-refractivity contribution in [3.8, 4) is 0 Å². The van der Waals surface area contributed by atoms with Crippen molar-refractivity contribution in [1.29, 1.82) is 0 Å². The molecule has 8 nitrogen and oxygen atoms in total. The van der Waals surface area contributed by atoms with Gasteiger partial charge in [0.25, 0.3) is 5.91 Å². The van der Waals surface area contributed by atoms with E-state index in [0.29, 0.717) is 34.4 Å². The molecule has 1 N–H and O–H groups in total. The first kappa shape index (κ1) is 23.3. The molecule has 166 valence electrons. The molecule has 1 atom stereocenters. The van der Waals surface area contributed by atoms with Crippen molar-refractivity contribution in [2.45, 2.75) is 25.9 Å². The molecule has 3 rings (SSSR count). The van der Waals surface area contributed by atoms with Gasteiger partial charge in [0.05, 0.1) is 23.7 Å². The second kappa shape index (κ2) is 9.84. The Morgan fingerprint density at radius 2 is 2.06 bits per heavy atom. The molecule has 0 spiro atoms. The molecule has 31 heavy (non-hydrogen) atoms. The minimum atomic E-state index is -3.10. The van der Waals surface area contributed by atoms with Crippen molar-refractivity contribution in [3.05, 3.63) is 57.3 Å². The summed E-state index contributed by atoms with van der Waals surface area (Å²) in [6.07, 6.45) is 2.98. The summed E-state index contributed by atoms with van der Waals surface area (Å²) in [7, 11) is -3.10. The standard InChI is InChI=1S/C20H21Cl2N3O5S/c1-13-16(20(22)25(24-13)10-14-4-2-3-5-17(14)21)6-7-19(27)30-11-18(26)23-15-8-9-31(28,29)12-15/h2-7,15H,8-12H2,1H3,(H,23,26)/b7-6+/t15-/m0/s1. The third-order valence-electron chi connectivity index (χ3n) is 4.72. The summed E-state index contributed by atoms with van der Waals surface area (Å²) >= 11 is 12.6. The lowest BCUT2D eigenvalue weighted by atomic mass is 10.2. The van der Waals surface area contributed by atoms with E-state index in [1.807, 2.05) is 18.2 Å². The summed E-state index contributed by atoms with van der Waals surface area (Å²) < 4.78 is 29.3. The molecule has 0 bridgehead atoms. The van der Waals surface area contributed by atoms with E-state index in [0.717, 1.165) is 11.6 Å². The minimum absolute atomic E-state index is 0.0464. The monoisotopic (exact) mass is 485 g/mol. The molecule has 2 aromatic rings. The molecule has 11 heteroatoms. The number of halogens is 2. The first-order valence-electron chi connectivity index (χ1n) is 9.45. The van der Waals surface area contributed by atoms with Crippen LogP contribution in [0, 0.1) is 6.92 Å². The van der Waals surface area contributed by atoms with Crippen LogP contribution in [0.3, 0.4) is 0 Å². The molecule has 0 saturated carbocycles. The lowest BCUT2D eigenvalue weighted by Gasteiger charge is -2.10. The zero-order chi connectivity index (χ0) is 22.6. The molecular formula is C20H21Cl2N3O5S. The maximum atomic E-state index is 12.0. The normalized spacial score (nSPS) is 17.7. The highest BCUT2D eigenvalue weighted by molar-refractivity contribution is 7.91. The maximum Gasteiger partial charge on any atom is 0.331 e. The number of aryl methyl sites for hydroxylation is 1. The molecule has 2 heterocycles. The quantitative estimate of drug-likeness (QED) is 0.476. The first-order valence-corrected chi connectivity index (χ1v) is 12.0. The van der Waals surface area contributed by atoms with Gasteiger partial charge >= 0.3 is 5.97 Å². The Balaban J connectivity index is 1.55. The van der Waals surface area contributed by atoms with E-state index in [1.54, 1.807) is 17.7 Å². The summed E-state index contributed by atoms with van der Waals surface area (Å²) in [5, 5.41) is 7.86. The highest BCUT2D eigenvalue weighted by Gasteiger charge is 2.29. The van der Waals surface area contributed by atoms with Crippen LogP contribution in [0.15, 0.2) is 30.3 Å². The Hall–Kier alpha value is -2.36. The Morgan fingerprint density at radius 1 is 1.32 bits per heavy atom. The summed E-state index contributed by atoms with van der Waals surface area (Å²) in [6.45, 7) is 1.62. The number of sulfone groups is 1. The number of hydrogen-bond acceptors (Lipinski definition) is 6. The molecule has 1 aromatic heterocycles. The van der Waals surface area contributed by atoms with Gasteiger partial charge in [-0.2, -0.15) is 5.10 Å². The number of ether oxygens (including phenoxy) is 1. The largest absolute Gasteiger partial charge is 0.452 e. The average molecular weight is 486 g/mol. The van der Waals surface area contributed by atoms with Gasteiger partial charge in [-0.25, -0.2) is 17.9 Å². The number of esters is 1. The van der Waals surface area contributed by atoms with Crippen molar-refractivity contribution in [2.24, 2.45) is 0 Å². The highest BCUT2D eigenvalue weighted by Crippen LogP contribution is 2.24. The van der Waals surface area contributed by atoms with Gasteiger partial charge in [0.2, 0.25) is 0 Å². The van der Waals surface area contributed by atoms with E-state index in [9.17, 15) is 18.0 Å². The van der Waals surface area contributed by atoms with Crippen molar-refractivity contribution < 1.29 is 22.7 Å². The van der Waals surface area contributed by atoms with E-state index in [4.69, 9.17) is 27.9 Å². The fraction of sp³-hybridized carbons (Fsp3) is 0.350. The Labute approximate surface area is 190 Å². The number of rotatable bonds is 7. The Bertz CT molecular complexity index is 1130. The molecule has 0 aliphatic carbocycles. The van der Waals surface area contributed by atoms with Gasteiger partial charge in [-0.1, -0.05) is 41.4 Å². The first-order chi connectivity index (χ1) is 14.6. The highest BCUT2D eigenvalue weighted by atomic mass is 35.5. The number of amides is 1. The molecule has 1 amide bonds. The third-order valence-corrected chi connectivity index (χ3v) is 7.25. The van der Waals surface area contributed by atoms with Gasteiger partial charge < -0.3 is 10.1 Å². The van der Waals surface area contributed by atoms with Crippen molar-refractivity contribution >= 4 is 51.0 Å². The number of nitrogens with one attached hydrogen (secondary N) is 1. The predicted molar refractivity (Wildman–Crippen MR) is 118 cm³/mol. The van der Waals surface area contributed by atoms with E-state index >= 15 is 0 Å². The number of aromatic nitrogens is 2. The fourth-order valence-corrected chi connectivity index (χ4v) is 5.33. The van der Waals surface area contributed by atoms with Crippen LogP contribution in [-0.4, -0.2) is 54.2 Å². The van der Waals surface area contributed by atoms with Crippen molar-refractivity contribution in [3.63, 3.8) is 0 Å². The summed E-state index contributed by atoms with van der Waals surface area (Å²) in [4.78, 5) is 23.8. The van der Waals surface area contributed by atoms with E-state index in [2.05, 4.69) is 10.4 Å². The van der Waals surface area contributed by atoms with Gasteiger partial charge in [0.1, 0.15) is 5.15 Å². The fourth-order valence-electron chi connectivity index (χ4n) is 3.16. The molecule has 1 aromatic carbocycles. The van der Waals surface area contributed by atoms with Crippen LogP contribution in [-0.2, 0) is 30.7 Å². The van der Waals surface area contributed by atoms with E-state index < -0.39 is 34.4 Å². The van der Waals surface area contributed by atoms with E-state index in [-0.39, 0.29) is 11.5 Å². The van der Waals surface area contributed by atoms with Crippen LogP contribution in [0.25, 0.3) is 6.08 Å². The van der Waals surface area contributed by atoms with Crippen molar-refractivity contribution in [1.82, 2.24) is 15.1 Å². The molecule has 0 unspecified atom stereocenters. The third kappa shape index (κ3) is 6.32. The summed E-state index contributed by atoms with van der Waals surface area (Å²) in [5.74, 6) is -1.33. The smallest absolute Gasteiger partial charge is 0.331 e. The Morgan fingerprint density at radius 3 is 2.74 bits per heavy atom. The summed E-state index contributed by atoms with van der Waals surface area (Å²) in [6, 6.07) is 6.90. The topological polar surface area (TPSA) is 107 Å². The second-order valence-corrected chi connectivity index (χ2v) is 10.1. The van der Waals surface area contributed by atoms with Crippen LogP contribution in [0.5, 0.6) is 0 Å². The van der Waals surface area contributed by atoms with Gasteiger partial charge in [-0.05, 0) is 31.1 Å². The SMILES string of the molecule is Cc1nn(Cc2ccccc2Cl)c(Cl)c1/C=C/C(=O)OCC(=O)N[C@H]1CCS(=O)(=O)C1. The number of carbonyl (C=O) groups excluding carboxylic acids is 2. The van der Waals surface area contributed by atoms with Crippen LogP contribution >= 0.6 is 23.2 Å². The van der Waals surface area contributed by atoms with Gasteiger partial charge in [-0.3, -0.25) is 4.79 Å². The zero-order valence-corrected chi connectivity index (χ0v) is 19.0. The minimum Gasteiger partial charge on any atom is -0.452 e. The van der Waals surface area contributed by atoms with Gasteiger partial charge in [0.15, 0.2) is 16.4 Å². The van der Waals surface area contributed by atoms with Crippen LogP contribution < -0.4 is 5.32 Å². The lowest BCUT2D eigenvalue weighted by Crippen LogP contribution is -2.38. The van der Waals surface area contributed by atoms with Crippen LogP contribution in [0.4, 0.5) is 0 Å². The molecule has 1 aliphatic heterocycles. The number of carbonyl (C=O) groups is 2. The van der Waals surface area contributed by atoms with E-state index in [1.165, 1.54) is 6.08 Å². The number of hydrogen-bond donors (Lipinski definition) is 1. The summed E-state index contributed by atoms with van der Waals surface area (Å²) in [5.41, 5.74) is 2.01. The lowest BCUT2D eigenvalue weighted by molar-refractivity contribution is -0.143. The Kier molecular flexibility index (Phi) is 7.40. The van der Waals surface area contributed by atoms with Gasteiger partial charge in [-0.15, -0.1) is 0 Å². The molecule has 0 radical (unpaired) electrons. The van der Waals surface area contributed by atoms with Crippen molar-refractivity contribution in [2.75, 3.05) is 18.1 Å². The van der Waals surface area contributed by atoms with Crippen LogP contribution in [0.2, 0.25) is 10.2 Å². The second-order valence-electron chi connectivity index (χ2n) is 7.15.